The maximum atomic E-state index is 13.7. The van der Waals surface area contributed by atoms with Gasteiger partial charge in [0.25, 0.3) is 0 Å². The highest BCUT2D eigenvalue weighted by Crippen LogP contribution is 2.53. The Morgan fingerprint density at radius 1 is 0.973 bits per heavy atom. The number of allylic oxidation sites excluding steroid dienone is 6. The van der Waals surface area contributed by atoms with Gasteiger partial charge in [-0.3, -0.25) is 9.59 Å². The summed E-state index contributed by atoms with van der Waals surface area (Å²) in [6.07, 6.45) is 3.19. The quantitative estimate of drug-likeness (QED) is 0.440. The summed E-state index contributed by atoms with van der Waals surface area (Å²) in [5, 5.41) is 11.0. The highest BCUT2D eigenvalue weighted by atomic mass is 16.5. The molecule has 0 unspecified atom stereocenters. The molecule has 2 atom stereocenters. The van der Waals surface area contributed by atoms with Crippen LogP contribution in [0.25, 0.3) is 5.69 Å². The molecule has 9 heteroatoms. The molecular weight excluding hydrogens is 474 g/mol. The number of ether oxygens (including phenoxy) is 1. The Morgan fingerprint density at radius 2 is 1.73 bits per heavy atom. The van der Waals surface area contributed by atoms with Gasteiger partial charge in [0.1, 0.15) is 11.5 Å². The van der Waals surface area contributed by atoms with Crippen LogP contribution in [0, 0.1) is 0 Å². The molecule has 3 aromatic rings. The van der Waals surface area contributed by atoms with Crippen molar-refractivity contribution in [2.75, 3.05) is 7.11 Å². The molecule has 3 aliphatic rings. The molecule has 0 bridgehead atoms. The number of carbonyl (C=O) groups excluding carboxylic acids is 2. The first-order chi connectivity index (χ1) is 17.8. The number of hydrogen-bond donors (Lipinski definition) is 1. The molecule has 0 amide bonds. The topological polar surface area (TPSA) is 113 Å². The molecule has 1 N–H and O–H groups in total. The summed E-state index contributed by atoms with van der Waals surface area (Å²) in [7, 11) is 1.46. The number of ketones is 2. The van der Waals surface area contributed by atoms with Gasteiger partial charge in [-0.05, 0) is 42.8 Å². The van der Waals surface area contributed by atoms with E-state index in [0.717, 1.165) is 4.57 Å². The molecule has 2 heterocycles. The second-order valence-corrected chi connectivity index (χ2v) is 9.33. The van der Waals surface area contributed by atoms with Crippen LogP contribution in [0.15, 0.2) is 92.6 Å². The molecule has 2 aromatic carbocycles. The third kappa shape index (κ3) is 3.16. The number of phenolic OH excluding ortho intramolecular Hbond substituents is 1. The van der Waals surface area contributed by atoms with Gasteiger partial charge in [0, 0.05) is 34.6 Å². The van der Waals surface area contributed by atoms with Gasteiger partial charge in [0.15, 0.2) is 11.6 Å². The zero-order chi connectivity index (χ0) is 26.0. The van der Waals surface area contributed by atoms with Crippen molar-refractivity contribution >= 4 is 11.6 Å². The van der Waals surface area contributed by atoms with Crippen molar-refractivity contribution in [2.45, 2.75) is 31.8 Å². The third-order valence-electron chi connectivity index (χ3n) is 7.40. The predicted molar refractivity (Wildman–Crippen MR) is 134 cm³/mol. The van der Waals surface area contributed by atoms with Gasteiger partial charge in [0.2, 0.25) is 0 Å². The van der Waals surface area contributed by atoms with Gasteiger partial charge in [0.05, 0.1) is 25.4 Å². The van der Waals surface area contributed by atoms with Crippen LogP contribution in [0.3, 0.4) is 0 Å². The van der Waals surface area contributed by atoms with E-state index in [4.69, 9.17) is 4.74 Å². The fraction of sp³-hybridized carbons (Fsp3) is 0.214. The van der Waals surface area contributed by atoms with E-state index in [0.29, 0.717) is 28.1 Å². The van der Waals surface area contributed by atoms with E-state index in [-0.39, 0.29) is 41.4 Å². The standard InChI is InChI=1S/C28H23N3O6/c1-15-13-21(33)18-14-19-17(23(24(18)26(15)34)25-20(32)9-6-10-22(25)37-2)11-12-29-27(35)30(28(36)31(19)29)16-7-4-3-5-8-16/h3-11,13,19,23,32H,12,14H2,1-2H3/t19-,23+/m1/s1. The largest absolute Gasteiger partial charge is 0.507 e. The molecular formula is C28H23N3O6. The fourth-order valence-electron chi connectivity index (χ4n) is 5.76. The lowest BCUT2D eigenvalue weighted by atomic mass is 9.67. The Bertz CT molecular complexity index is 1710. The van der Waals surface area contributed by atoms with Crippen LogP contribution >= 0.6 is 0 Å². The SMILES string of the molecule is COc1cccc(O)c1[C@H]1C2=CCn3c(=O)n(-c4ccccc4)c(=O)n3[C@@H]2CC2=C1C(=O)C(C)=CC2=O. The second kappa shape index (κ2) is 8.19. The van der Waals surface area contributed by atoms with E-state index >= 15 is 0 Å². The van der Waals surface area contributed by atoms with E-state index < -0.39 is 23.3 Å². The molecule has 0 spiro atoms. The highest BCUT2D eigenvalue weighted by Gasteiger charge is 2.46. The molecule has 37 heavy (non-hydrogen) atoms. The summed E-state index contributed by atoms with van der Waals surface area (Å²) in [4.78, 5) is 53.7. The van der Waals surface area contributed by atoms with Crippen LogP contribution in [-0.2, 0) is 16.1 Å². The Morgan fingerprint density at radius 3 is 2.46 bits per heavy atom. The Hall–Kier alpha value is -4.66. The van der Waals surface area contributed by atoms with Crippen molar-refractivity contribution in [3.63, 3.8) is 0 Å². The highest BCUT2D eigenvalue weighted by molar-refractivity contribution is 6.23. The third-order valence-corrected chi connectivity index (χ3v) is 7.40. The minimum absolute atomic E-state index is 0.0695. The number of nitrogens with zero attached hydrogens (tertiary/aromatic N) is 3. The number of carbonyl (C=O) groups is 2. The van der Waals surface area contributed by atoms with Crippen molar-refractivity contribution in [3.8, 4) is 17.2 Å². The van der Waals surface area contributed by atoms with E-state index in [9.17, 15) is 24.3 Å². The zero-order valence-electron chi connectivity index (χ0n) is 20.2. The molecule has 0 saturated carbocycles. The number of fused-ring (bicyclic) bond motifs is 3. The van der Waals surface area contributed by atoms with E-state index in [1.807, 2.05) is 6.08 Å². The maximum Gasteiger partial charge on any atom is 0.352 e. The molecule has 0 fully saturated rings. The van der Waals surface area contributed by atoms with Crippen LogP contribution in [0.4, 0.5) is 0 Å². The number of rotatable bonds is 3. The predicted octanol–water partition coefficient (Wildman–Crippen LogP) is 2.58. The van der Waals surface area contributed by atoms with Crippen LogP contribution in [0.5, 0.6) is 11.5 Å². The minimum atomic E-state index is -0.833. The number of para-hydroxylation sites is 1. The summed E-state index contributed by atoms with van der Waals surface area (Å²) in [6, 6.07) is 12.7. The average Bonchev–Trinajstić information content (AvgIpc) is 3.16. The lowest BCUT2D eigenvalue weighted by molar-refractivity contribution is -0.116. The van der Waals surface area contributed by atoms with Crippen molar-refractivity contribution in [1.82, 2.24) is 13.9 Å². The van der Waals surface area contributed by atoms with Crippen molar-refractivity contribution in [1.29, 1.82) is 0 Å². The molecule has 0 saturated heterocycles. The number of phenols is 1. The number of hydrogen-bond acceptors (Lipinski definition) is 6. The second-order valence-electron chi connectivity index (χ2n) is 9.33. The van der Waals surface area contributed by atoms with Crippen LogP contribution in [-0.4, -0.2) is 37.7 Å². The number of aromatic hydroxyl groups is 1. The molecule has 2 aliphatic carbocycles. The van der Waals surface area contributed by atoms with E-state index in [1.54, 1.807) is 49.4 Å². The minimum Gasteiger partial charge on any atom is -0.507 e. The lowest BCUT2D eigenvalue weighted by Crippen LogP contribution is -2.40. The van der Waals surface area contributed by atoms with Gasteiger partial charge in [-0.1, -0.05) is 30.3 Å². The number of methoxy groups -OCH3 is 1. The molecule has 9 nitrogen and oxygen atoms in total. The maximum absolute atomic E-state index is 13.7. The average molecular weight is 498 g/mol. The van der Waals surface area contributed by atoms with Crippen LogP contribution in [0.1, 0.15) is 30.9 Å². The monoisotopic (exact) mass is 497 g/mol. The first-order valence-corrected chi connectivity index (χ1v) is 11.9. The normalized spacial score (nSPS) is 20.6. The summed E-state index contributed by atoms with van der Waals surface area (Å²) in [5.74, 6) is -1.19. The molecule has 186 valence electrons. The van der Waals surface area contributed by atoms with Gasteiger partial charge < -0.3 is 9.84 Å². The van der Waals surface area contributed by atoms with Crippen molar-refractivity contribution < 1.29 is 19.4 Å². The van der Waals surface area contributed by atoms with Crippen LogP contribution in [0.2, 0.25) is 0 Å². The first kappa shape index (κ1) is 22.8. The molecule has 6 rings (SSSR count). The van der Waals surface area contributed by atoms with Gasteiger partial charge in [-0.2, -0.15) is 0 Å². The molecule has 1 aromatic heterocycles. The Labute approximate surface area is 210 Å². The van der Waals surface area contributed by atoms with Crippen molar-refractivity contribution in [2.24, 2.45) is 0 Å². The fourth-order valence-corrected chi connectivity index (χ4v) is 5.76. The van der Waals surface area contributed by atoms with Crippen LogP contribution < -0.4 is 16.1 Å². The number of aromatic nitrogens is 3. The van der Waals surface area contributed by atoms with Gasteiger partial charge in [-0.15, -0.1) is 0 Å². The lowest BCUT2D eigenvalue weighted by Gasteiger charge is -2.40. The van der Waals surface area contributed by atoms with Gasteiger partial charge >= 0.3 is 11.4 Å². The smallest absolute Gasteiger partial charge is 0.352 e. The summed E-state index contributed by atoms with van der Waals surface area (Å²) >= 11 is 0. The molecule has 0 radical (unpaired) electrons. The zero-order valence-corrected chi connectivity index (χ0v) is 20.2. The Kier molecular flexibility index (Phi) is 5.04. The van der Waals surface area contributed by atoms with E-state index in [1.165, 1.54) is 28.6 Å². The Balaban J connectivity index is 1.63. The first-order valence-electron chi connectivity index (χ1n) is 11.9. The number of Topliss-reactive ketones (excluding diaryl/α,β-unsaturated/α-hetero) is 1. The van der Waals surface area contributed by atoms with E-state index in [2.05, 4.69) is 0 Å². The van der Waals surface area contributed by atoms with Crippen molar-refractivity contribution in [3.05, 3.63) is 110 Å². The summed E-state index contributed by atoms with van der Waals surface area (Å²) < 4.78 is 9.38. The summed E-state index contributed by atoms with van der Waals surface area (Å²) in [6.45, 7) is 1.68. The number of benzene rings is 2. The summed E-state index contributed by atoms with van der Waals surface area (Å²) in [5.41, 5.74) is 1.25. The van der Waals surface area contributed by atoms with Gasteiger partial charge in [-0.25, -0.2) is 23.5 Å². The molecule has 1 aliphatic heterocycles.